The molecule has 0 aliphatic rings. The molecule has 0 aliphatic carbocycles. The van der Waals surface area contributed by atoms with Crippen LogP contribution in [-0.4, -0.2) is 12.2 Å². The first kappa shape index (κ1) is 15.5. The second kappa shape index (κ2) is 7.80. The first-order valence-corrected chi connectivity index (χ1v) is 7.44. The summed E-state index contributed by atoms with van der Waals surface area (Å²) in [6.07, 6.45) is 3.92. The van der Waals surface area contributed by atoms with Crippen molar-refractivity contribution in [2.24, 2.45) is 5.92 Å². The van der Waals surface area contributed by atoms with E-state index in [4.69, 9.17) is 4.74 Å². The zero-order chi connectivity index (χ0) is 13.5. The van der Waals surface area contributed by atoms with E-state index in [0.29, 0.717) is 5.92 Å². The first-order chi connectivity index (χ1) is 8.63. The Morgan fingerprint density at radius 3 is 2.61 bits per heavy atom. The quantitative estimate of drug-likeness (QED) is 0.790. The van der Waals surface area contributed by atoms with Gasteiger partial charge in [-0.1, -0.05) is 49.0 Å². The van der Waals surface area contributed by atoms with Crippen LogP contribution in [0.15, 0.2) is 22.7 Å². The monoisotopic (exact) mass is 314 g/mol. The van der Waals surface area contributed by atoms with Gasteiger partial charge in [-0.15, -0.1) is 0 Å². The Bertz CT molecular complexity index is 366. The fourth-order valence-electron chi connectivity index (χ4n) is 2.24. The van der Waals surface area contributed by atoms with Crippen molar-refractivity contribution in [3.05, 3.63) is 28.2 Å². The van der Waals surface area contributed by atoms with E-state index < -0.39 is 6.10 Å². The summed E-state index contributed by atoms with van der Waals surface area (Å²) in [4.78, 5) is 0. The molecule has 0 aromatic heterocycles. The summed E-state index contributed by atoms with van der Waals surface area (Å²) in [6.45, 7) is 4.31. The topological polar surface area (TPSA) is 29.5 Å². The Labute approximate surface area is 118 Å². The van der Waals surface area contributed by atoms with Crippen LogP contribution in [0.25, 0.3) is 0 Å². The predicted octanol–water partition coefficient (Wildman–Crippen LogP) is 4.71. The lowest BCUT2D eigenvalue weighted by atomic mass is 9.89. The van der Waals surface area contributed by atoms with Crippen molar-refractivity contribution in [1.29, 1.82) is 0 Å². The van der Waals surface area contributed by atoms with Gasteiger partial charge in [0.25, 0.3) is 0 Å². The third-order valence-electron chi connectivity index (χ3n) is 3.41. The molecule has 0 saturated carbocycles. The number of methoxy groups -OCH3 is 1. The number of hydrogen-bond acceptors (Lipinski definition) is 2. The molecule has 0 bridgehead atoms. The number of rotatable bonds is 7. The highest BCUT2D eigenvalue weighted by Crippen LogP contribution is 2.35. The molecule has 0 saturated heterocycles. The molecule has 2 nitrogen and oxygen atoms in total. The molecule has 1 rings (SSSR count). The number of ether oxygens (including phenoxy) is 1. The van der Waals surface area contributed by atoms with Gasteiger partial charge in [0.1, 0.15) is 5.75 Å². The summed E-state index contributed by atoms with van der Waals surface area (Å²) >= 11 is 3.45. The van der Waals surface area contributed by atoms with Gasteiger partial charge in [0.2, 0.25) is 0 Å². The summed E-state index contributed by atoms with van der Waals surface area (Å²) in [5.74, 6) is 1.06. The third kappa shape index (κ3) is 3.99. The zero-order valence-corrected chi connectivity index (χ0v) is 13.0. The van der Waals surface area contributed by atoms with Crippen molar-refractivity contribution in [1.82, 2.24) is 0 Å². The van der Waals surface area contributed by atoms with Crippen molar-refractivity contribution >= 4 is 15.9 Å². The van der Waals surface area contributed by atoms with Gasteiger partial charge in [-0.25, -0.2) is 0 Å². The van der Waals surface area contributed by atoms with Crippen LogP contribution in [0.1, 0.15) is 51.2 Å². The predicted molar refractivity (Wildman–Crippen MR) is 79.0 cm³/mol. The highest BCUT2D eigenvalue weighted by Gasteiger charge is 2.22. The molecule has 18 heavy (non-hydrogen) atoms. The van der Waals surface area contributed by atoms with Crippen LogP contribution in [-0.2, 0) is 0 Å². The number of halogens is 1. The van der Waals surface area contributed by atoms with Crippen molar-refractivity contribution in [3.8, 4) is 5.75 Å². The molecule has 0 amide bonds. The average molecular weight is 315 g/mol. The number of hydrogen-bond donors (Lipinski definition) is 1. The number of unbranched alkanes of at least 4 members (excludes halogenated alkanes) is 1. The van der Waals surface area contributed by atoms with Gasteiger partial charge in [0, 0.05) is 10.0 Å². The second-order valence-corrected chi connectivity index (χ2v) is 5.56. The number of aliphatic hydroxyl groups is 1. The van der Waals surface area contributed by atoms with Crippen molar-refractivity contribution < 1.29 is 9.84 Å². The maximum atomic E-state index is 10.5. The van der Waals surface area contributed by atoms with Crippen molar-refractivity contribution in [3.63, 3.8) is 0 Å². The van der Waals surface area contributed by atoms with Crippen LogP contribution in [0.5, 0.6) is 5.75 Å². The van der Waals surface area contributed by atoms with Crippen molar-refractivity contribution in [2.45, 2.75) is 45.6 Å². The molecule has 1 aromatic rings. The van der Waals surface area contributed by atoms with Gasteiger partial charge in [-0.3, -0.25) is 0 Å². The third-order valence-corrected chi connectivity index (χ3v) is 3.90. The van der Waals surface area contributed by atoms with E-state index in [2.05, 4.69) is 29.8 Å². The summed E-state index contributed by atoms with van der Waals surface area (Å²) < 4.78 is 6.31. The first-order valence-electron chi connectivity index (χ1n) is 6.65. The van der Waals surface area contributed by atoms with Crippen LogP contribution >= 0.6 is 15.9 Å². The molecule has 1 aromatic carbocycles. The smallest absolute Gasteiger partial charge is 0.124 e. The highest BCUT2D eigenvalue weighted by molar-refractivity contribution is 9.10. The van der Waals surface area contributed by atoms with Crippen molar-refractivity contribution in [2.75, 3.05) is 7.11 Å². The standard InChI is InChI=1S/C15H23BrO2/c1-4-6-7-11(5-2)15(17)13-10-12(16)8-9-14(13)18-3/h8-11,15,17H,4-7H2,1-3H3. The highest BCUT2D eigenvalue weighted by atomic mass is 79.9. The number of aliphatic hydroxyl groups excluding tert-OH is 1. The minimum absolute atomic E-state index is 0.299. The molecule has 3 heteroatoms. The molecular formula is C15H23BrO2. The Morgan fingerprint density at radius 2 is 2.06 bits per heavy atom. The average Bonchev–Trinajstić information content (AvgIpc) is 2.39. The minimum atomic E-state index is -0.450. The lowest BCUT2D eigenvalue weighted by Gasteiger charge is -2.23. The lowest BCUT2D eigenvalue weighted by Crippen LogP contribution is -2.13. The van der Waals surface area contributed by atoms with Crippen LogP contribution in [0.2, 0.25) is 0 Å². The summed E-state index contributed by atoms with van der Waals surface area (Å²) in [5.41, 5.74) is 0.884. The molecule has 102 valence electrons. The lowest BCUT2D eigenvalue weighted by molar-refractivity contribution is 0.0962. The van der Waals surface area contributed by atoms with E-state index in [1.54, 1.807) is 7.11 Å². The molecule has 2 unspecified atom stereocenters. The van der Waals surface area contributed by atoms with E-state index in [9.17, 15) is 5.11 Å². The van der Waals surface area contributed by atoms with Gasteiger partial charge in [-0.05, 0) is 30.5 Å². The molecule has 0 spiro atoms. The van der Waals surface area contributed by atoms with Gasteiger partial charge < -0.3 is 9.84 Å². The molecule has 1 N–H and O–H groups in total. The molecule has 2 atom stereocenters. The maximum Gasteiger partial charge on any atom is 0.124 e. The van der Waals surface area contributed by atoms with Gasteiger partial charge in [-0.2, -0.15) is 0 Å². The molecule has 0 fully saturated rings. The Balaban J connectivity index is 2.92. The van der Waals surface area contributed by atoms with E-state index in [-0.39, 0.29) is 0 Å². The summed E-state index contributed by atoms with van der Waals surface area (Å²) in [7, 11) is 1.65. The molecule has 0 aliphatic heterocycles. The largest absolute Gasteiger partial charge is 0.496 e. The number of benzene rings is 1. The Hall–Kier alpha value is -0.540. The fraction of sp³-hybridized carbons (Fsp3) is 0.600. The minimum Gasteiger partial charge on any atom is -0.496 e. The van der Waals surface area contributed by atoms with Crippen LogP contribution < -0.4 is 4.74 Å². The Morgan fingerprint density at radius 1 is 1.33 bits per heavy atom. The van der Waals surface area contributed by atoms with Gasteiger partial charge in [0.05, 0.1) is 13.2 Å². The van der Waals surface area contributed by atoms with Gasteiger partial charge in [0.15, 0.2) is 0 Å². The van der Waals surface area contributed by atoms with Crippen LogP contribution in [0, 0.1) is 5.92 Å². The summed E-state index contributed by atoms with van der Waals surface area (Å²) in [5, 5.41) is 10.5. The molecule has 0 radical (unpaired) electrons. The Kier molecular flexibility index (Phi) is 6.72. The molecule has 0 heterocycles. The second-order valence-electron chi connectivity index (χ2n) is 4.64. The van der Waals surface area contributed by atoms with Crippen LogP contribution in [0.3, 0.4) is 0 Å². The van der Waals surface area contributed by atoms with E-state index in [1.165, 1.54) is 6.42 Å². The normalized spacial score (nSPS) is 14.3. The summed E-state index contributed by atoms with van der Waals surface area (Å²) in [6, 6.07) is 5.79. The van der Waals surface area contributed by atoms with E-state index >= 15 is 0 Å². The van der Waals surface area contributed by atoms with E-state index in [0.717, 1.165) is 35.0 Å². The van der Waals surface area contributed by atoms with Crippen LogP contribution in [0.4, 0.5) is 0 Å². The molecular weight excluding hydrogens is 292 g/mol. The maximum absolute atomic E-state index is 10.5. The van der Waals surface area contributed by atoms with E-state index in [1.807, 2.05) is 18.2 Å². The SMILES string of the molecule is CCCCC(CC)C(O)c1cc(Br)ccc1OC. The van der Waals surface area contributed by atoms with Gasteiger partial charge >= 0.3 is 0 Å². The zero-order valence-electron chi connectivity index (χ0n) is 11.4. The fourth-order valence-corrected chi connectivity index (χ4v) is 2.62.